The summed E-state index contributed by atoms with van der Waals surface area (Å²) in [4.78, 5) is 18.1. The number of aryl methyl sites for hydroxylation is 1. The zero-order valence-corrected chi connectivity index (χ0v) is 19.4. The molecule has 0 bridgehead atoms. The highest BCUT2D eigenvalue weighted by atomic mass is 32.2. The number of H-pyrrole nitrogens is 1. The predicted octanol–water partition coefficient (Wildman–Crippen LogP) is 2.45. The highest BCUT2D eigenvalue weighted by Gasteiger charge is 2.37. The van der Waals surface area contributed by atoms with E-state index in [1.807, 2.05) is 11.0 Å². The van der Waals surface area contributed by atoms with Gasteiger partial charge in [0.15, 0.2) is 9.84 Å². The summed E-state index contributed by atoms with van der Waals surface area (Å²) in [5.74, 6) is 0.259. The molecule has 6 rings (SSSR count). The first kappa shape index (κ1) is 21.7. The molecule has 0 spiro atoms. The smallest absolute Gasteiger partial charge is 0.180 e. The Morgan fingerprint density at radius 1 is 1.29 bits per heavy atom. The number of aromatic nitrogens is 6. The van der Waals surface area contributed by atoms with Crippen LogP contribution in [0.1, 0.15) is 23.6 Å². The van der Waals surface area contributed by atoms with Crippen molar-refractivity contribution < 1.29 is 12.8 Å². The maximum atomic E-state index is 14.3. The zero-order valence-electron chi connectivity index (χ0n) is 18.6. The molecule has 4 aromatic heterocycles. The van der Waals surface area contributed by atoms with E-state index in [1.54, 1.807) is 29.5 Å². The molecule has 10 nitrogen and oxygen atoms in total. The third-order valence-electron chi connectivity index (χ3n) is 6.94. The molecule has 4 aromatic rings. The number of aromatic amines is 1. The van der Waals surface area contributed by atoms with Gasteiger partial charge in [0, 0.05) is 48.5 Å². The number of nitrogens with zero attached hydrogens (tertiary/aromatic N) is 7. The summed E-state index contributed by atoms with van der Waals surface area (Å²) in [6, 6.07) is 3.44. The molecule has 178 valence electrons. The molecule has 35 heavy (non-hydrogen) atoms. The molecular formula is C23H21FN8O2S. The van der Waals surface area contributed by atoms with Crippen LogP contribution >= 0.6 is 0 Å². The van der Waals surface area contributed by atoms with E-state index in [1.165, 1.54) is 6.33 Å². The zero-order chi connectivity index (χ0) is 24.2. The van der Waals surface area contributed by atoms with Gasteiger partial charge < -0.3 is 9.88 Å². The van der Waals surface area contributed by atoms with Gasteiger partial charge in [-0.3, -0.25) is 4.68 Å². The number of halogens is 1. The molecule has 0 saturated carbocycles. The van der Waals surface area contributed by atoms with Crippen LogP contribution in [0, 0.1) is 17.2 Å². The second-order valence-electron chi connectivity index (χ2n) is 8.88. The first-order valence-corrected chi connectivity index (χ1v) is 12.9. The molecule has 2 aliphatic rings. The molecule has 2 atom stereocenters. The van der Waals surface area contributed by atoms with Gasteiger partial charge in [-0.1, -0.05) is 0 Å². The third-order valence-corrected chi connectivity index (χ3v) is 8.77. The maximum absolute atomic E-state index is 14.3. The van der Waals surface area contributed by atoms with Crippen LogP contribution in [0.25, 0.3) is 22.3 Å². The number of sulfone groups is 1. The van der Waals surface area contributed by atoms with E-state index in [-0.39, 0.29) is 22.1 Å². The van der Waals surface area contributed by atoms with Gasteiger partial charge in [-0.25, -0.2) is 27.8 Å². The predicted molar refractivity (Wildman–Crippen MR) is 125 cm³/mol. The van der Waals surface area contributed by atoms with E-state index < -0.39 is 22.6 Å². The van der Waals surface area contributed by atoms with E-state index in [0.29, 0.717) is 43.0 Å². The van der Waals surface area contributed by atoms with Crippen LogP contribution in [0.15, 0.2) is 42.1 Å². The first-order chi connectivity index (χ1) is 17.0. The Kier molecular flexibility index (Phi) is 5.03. The second kappa shape index (κ2) is 8.13. The summed E-state index contributed by atoms with van der Waals surface area (Å²) in [5, 5.41) is 15.1. The summed E-state index contributed by atoms with van der Waals surface area (Å²) in [6.45, 7) is 0.381. The fourth-order valence-corrected chi connectivity index (χ4v) is 6.89. The molecule has 12 heteroatoms. The van der Waals surface area contributed by atoms with Crippen molar-refractivity contribution in [3.8, 4) is 17.3 Å². The van der Waals surface area contributed by atoms with Gasteiger partial charge in [0.1, 0.15) is 36.1 Å². The monoisotopic (exact) mass is 492 g/mol. The average Bonchev–Trinajstić information content (AvgIpc) is 3.66. The van der Waals surface area contributed by atoms with E-state index >= 15 is 0 Å². The molecular weight excluding hydrogens is 471 g/mol. The number of pyridine rings is 1. The summed E-state index contributed by atoms with van der Waals surface area (Å²) in [6.07, 6.45) is 9.32. The Morgan fingerprint density at radius 3 is 3.00 bits per heavy atom. The minimum atomic E-state index is -3.49. The number of hydrogen-bond acceptors (Lipinski definition) is 8. The molecule has 1 unspecified atom stereocenters. The lowest BCUT2D eigenvalue weighted by molar-refractivity contribution is 0.257. The summed E-state index contributed by atoms with van der Waals surface area (Å²) in [7, 11) is -3.49. The number of anilines is 1. The molecule has 0 amide bonds. The van der Waals surface area contributed by atoms with Gasteiger partial charge in [0.2, 0.25) is 0 Å². The molecule has 0 radical (unpaired) electrons. The lowest BCUT2D eigenvalue weighted by atomic mass is 10.00. The van der Waals surface area contributed by atoms with Gasteiger partial charge in [0.25, 0.3) is 0 Å². The van der Waals surface area contributed by atoms with Crippen LogP contribution in [0.4, 0.5) is 10.2 Å². The summed E-state index contributed by atoms with van der Waals surface area (Å²) >= 11 is 0. The van der Waals surface area contributed by atoms with Crippen LogP contribution in [0.5, 0.6) is 0 Å². The van der Waals surface area contributed by atoms with E-state index in [2.05, 4.69) is 31.1 Å². The molecule has 6 heterocycles. The highest BCUT2D eigenvalue weighted by molar-refractivity contribution is 7.91. The Balaban J connectivity index is 1.28. The van der Waals surface area contributed by atoms with Gasteiger partial charge in [0.05, 0.1) is 28.6 Å². The molecule has 1 fully saturated rings. The maximum Gasteiger partial charge on any atom is 0.180 e. The van der Waals surface area contributed by atoms with Gasteiger partial charge in [-0.05, 0) is 24.5 Å². The minimum absolute atomic E-state index is 0.00226. The Hall–Kier alpha value is -3.85. The third kappa shape index (κ3) is 3.46. The summed E-state index contributed by atoms with van der Waals surface area (Å²) in [5.41, 5.74) is 2.89. The average molecular weight is 493 g/mol. The topological polar surface area (TPSA) is 133 Å². The van der Waals surface area contributed by atoms with Crippen molar-refractivity contribution in [3.63, 3.8) is 0 Å². The molecule has 0 aromatic carbocycles. The number of rotatable bonds is 5. The Labute approximate surface area is 200 Å². The molecule has 0 aliphatic carbocycles. The number of nitrogens with one attached hydrogen (secondary N) is 1. The lowest BCUT2D eigenvalue weighted by Crippen LogP contribution is -2.27. The second-order valence-corrected chi connectivity index (χ2v) is 10.9. The minimum Gasteiger partial charge on any atom is -0.355 e. The highest BCUT2D eigenvalue weighted by Crippen LogP contribution is 2.37. The fourth-order valence-electron chi connectivity index (χ4n) is 5.20. The van der Waals surface area contributed by atoms with Crippen molar-refractivity contribution in [1.82, 2.24) is 29.7 Å². The Bertz CT molecular complexity index is 1590. The molecule has 1 N–H and O–H groups in total. The first-order valence-electron chi connectivity index (χ1n) is 11.3. The van der Waals surface area contributed by atoms with Crippen molar-refractivity contribution in [1.29, 1.82) is 5.26 Å². The number of hydrogen-bond donors (Lipinski definition) is 1. The summed E-state index contributed by atoms with van der Waals surface area (Å²) < 4.78 is 41.0. The van der Waals surface area contributed by atoms with Crippen molar-refractivity contribution in [2.75, 3.05) is 30.4 Å². The van der Waals surface area contributed by atoms with E-state index in [4.69, 9.17) is 0 Å². The Morgan fingerprint density at radius 2 is 2.17 bits per heavy atom. The van der Waals surface area contributed by atoms with Crippen LogP contribution < -0.4 is 4.90 Å². The van der Waals surface area contributed by atoms with Crippen LogP contribution in [0.3, 0.4) is 0 Å². The SMILES string of the molecule is N#Cc1c(N2CC[C@H](C(CF)n3cc(-c4ncnc5[nH]ccc45)cn3)C2)ncc2c1S(=O)(=O)CC2. The standard InChI is InChI=1S/C23H21FN8O2S/c24-7-19(32-12-16(10-30-32)20-17-1-4-26-22(17)29-13-28-20)15-2-5-31(11-15)23-18(8-25)21-14(9-27-23)3-6-35(21,33)34/h1,4,9-10,12-13,15,19H,2-3,5-7,11H2,(H,26,28,29)/t15-,19?/m0/s1. The number of alkyl halides is 1. The van der Waals surface area contributed by atoms with E-state index in [0.717, 1.165) is 16.6 Å². The van der Waals surface area contributed by atoms with Gasteiger partial charge >= 0.3 is 0 Å². The normalized spacial score (nSPS) is 19.7. The van der Waals surface area contributed by atoms with Crippen molar-refractivity contribution >= 4 is 26.7 Å². The molecule has 2 aliphatic heterocycles. The molecule has 1 saturated heterocycles. The number of fused-ring (bicyclic) bond motifs is 2. The van der Waals surface area contributed by atoms with E-state index in [9.17, 15) is 18.1 Å². The number of nitriles is 1. The van der Waals surface area contributed by atoms with Crippen LogP contribution in [-0.2, 0) is 16.3 Å². The van der Waals surface area contributed by atoms with Crippen molar-refractivity contribution in [2.24, 2.45) is 5.92 Å². The quantitative estimate of drug-likeness (QED) is 0.449. The van der Waals surface area contributed by atoms with Gasteiger partial charge in [-0.15, -0.1) is 0 Å². The lowest BCUT2D eigenvalue weighted by Gasteiger charge is -2.23. The van der Waals surface area contributed by atoms with Crippen LogP contribution in [0.2, 0.25) is 0 Å². The van der Waals surface area contributed by atoms with Gasteiger partial charge in [-0.2, -0.15) is 10.4 Å². The largest absolute Gasteiger partial charge is 0.355 e. The van der Waals surface area contributed by atoms with Crippen molar-refractivity contribution in [2.45, 2.75) is 23.8 Å². The fraction of sp³-hybridized carbons (Fsp3) is 0.348. The van der Waals surface area contributed by atoms with Crippen molar-refractivity contribution in [3.05, 3.63) is 48.3 Å². The van der Waals surface area contributed by atoms with Crippen LogP contribution in [-0.4, -0.2) is 63.7 Å².